The maximum absolute atomic E-state index is 12.1. The molecule has 4 rings (SSSR count). The second-order valence-electron chi connectivity index (χ2n) is 6.67. The highest BCUT2D eigenvalue weighted by Gasteiger charge is 2.08. The largest absolute Gasteiger partial charge is 0.496 e. The number of benzene rings is 2. The summed E-state index contributed by atoms with van der Waals surface area (Å²) in [4.78, 5) is 13.5. The van der Waals surface area contributed by atoms with Gasteiger partial charge in [-0.2, -0.15) is 4.80 Å². The number of aryl methyl sites for hydroxylation is 1. The molecule has 2 aromatic carbocycles. The maximum Gasteiger partial charge on any atom is 0.258 e. The molecule has 0 unspecified atom stereocenters. The predicted octanol–water partition coefficient (Wildman–Crippen LogP) is 2.04. The summed E-state index contributed by atoms with van der Waals surface area (Å²) in [5.74, 6) is 1.80. The fourth-order valence-electron chi connectivity index (χ4n) is 3.18. The molecule has 1 N–H and O–H groups in total. The van der Waals surface area contributed by atoms with Gasteiger partial charge in [0.1, 0.15) is 11.5 Å². The van der Waals surface area contributed by atoms with E-state index in [0.717, 1.165) is 22.2 Å². The van der Waals surface area contributed by atoms with Gasteiger partial charge in [0.2, 0.25) is 5.82 Å². The molecule has 2 heterocycles. The van der Waals surface area contributed by atoms with Crippen molar-refractivity contribution < 1.29 is 14.3 Å². The molecule has 4 aromatic rings. The van der Waals surface area contributed by atoms with Crippen LogP contribution in [0, 0.1) is 0 Å². The van der Waals surface area contributed by atoms with E-state index in [1.807, 2.05) is 42.6 Å². The van der Waals surface area contributed by atoms with E-state index < -0.39 is 0 Å². The Kier molecular flexibility index (Phi) is 5.60. The van der Waals surface area contributed by atoms with E-state index in [1.165, 1.54) is 4.80 Å². The minimum Gasteiger partial charge on any atom is -0.496 e. The van der Waals surface area contributed by atoms with E-state index in [1.54, 1.807) is 26.3 Å². The first-order valence-corrected chi connectivity index (χ1v) is 9.50. The summed E-state index contributed by atoms with van der Waals surface area (Å²) < 4.78 is 13.0. The van der Waals surface area contributed by atoms with Crippen LogP contribution in [0.2, 0.25) is 0 Å². The van der Waals surface area contributed by atoms with Gasteiger partial charge in [0.05, 0.1) is 19.7 Å². The Bertz CT molecular complexity index is 1150. The third-order valence-corrected chi connectivity index (χ3v) is 4.66. The van der Waals surface area contributed by atoms with Crippen LogP contribution in [0.25, 0.3) is 22.3 Å². The summed E-state index contributed by atoms with van der Waals surface area (Å²) >= 11 is 0. The molecule has 0 bridgehead atoms. The quantitative estimate of drug-likeness (QED) is 0.481. The van der Waals surface area contributed by atoms with Crippen molar-refractivity contribution in [2.24, 2.45) is 7.05 Å². The number of hydrogen-bond donors (Lipinski definition) is 1. The molecule has 0 aliphatic rings. The first-order valence-electron chi connectivity index (χ1n) is 9.50. The molecule has 0 saturated carbocycles. The minimum atomic E-state index is -0.177. The number of aromatic nitrogens is 5. The SMILES string of the molecule is COc1cccc2c1ccn2CCNC(=O)COc1ccc(-c2nnn(C)n2)cc1. The van der Waals surface area contributed by atoms with Gasteiger partial charge in [-0.15, -0.1) is 10.2 Å². The Morgan fingerprint density at radius 3 is 2.70 bits per heavy atom. The van der Waals surface area contributed by atoms with Gasteiger partial charge in [0.15, 0.2) is 6.61 Å². The first-order chi connectivity index (χ1) is 14.6. The van der Waals surface area contributed by atoms with E-state index in [0.29, 0.717) is 24.7 Å². The number of carbonyl (C=O) groups excluding carboxylic acids is 1. The molecule has 154 valence electrons. The van der Waals surface area contributed by atoms with E-state index in [4.69, 9.17) is 9.47 Å². The number of nitrogens with zero attached hydrogens (tertiary/aromatic N) is 5. The molecule has 0 aliphatic carbocycles. The normalized spacial score (nSPS) is 10.9. The molecular formula is C21H22N6O3. The van der Waals surface area contributed by atoms with Crippen molar-refractivity contribution in [3.63, 3.8) is 0 Å². The van der Waals surface area contributed by atoms with Gasteiger partial charge in [0, 0.05) is 30.2 Å². The predicted molar refractivity (Wildman–Crippen MR) is 111 cm³/mol. The number of ether oxygens (including phenoxy) is 2. The topological polar surface area (TPSA) is 96.1 Å². The number of amides is 1. The Balaban J connectivity index is 1.25. The summed E-state index contributed by atoms with van der Waals surface area (Å²) in [6.07, 6.45) is 1.99. The van der Waals surface area contributed by atoms with Crippen LogP contribution in [0.5, 0.6) is 11.5 Å². The number of nitrogens with one attached hydrogen (secondary N) is 1. The molecule has 0 spiro atoms. The van der Waals surface area contributed by atoms with Crippen LogP contribution in [-0.4, -0.2) is 50.9 Å². The lowest BCUT2D eigenvalue weighted by atomic mass is 10.2. The highest BCUT2D eigenvalue weighted by Crippen LogP contribution is 2.26. The van der Waals surface area contributed by atoms with Gasteiger partial charge in [-0.05, 0) is 47.7 Å². The van der Waals surface area contributed by atoms with Crippen molar-refractivity contribution in [2.45, 2.75) is 6.54 Å². The number of tetrazole rings is 1. The van der Waals surface area contributed by atoms with Crippen LogP contribution in [0.4, 0.5) is 0 Å². The molecule has 0 fully saturated rings. The van der Waals surface area contributed by atoms with E-state index in [9.17, 15) is 4.79 Å². The number of rotatable bonds is 8. The monoisotopic (exact) mass is 406 g/mol. The van der Waals surface area contributed by atoms with E-state index in [2.05, 4.69) is 25.3 Å². The zero-order valence-corrected chi connectivity index (χ0v) is 16.8. The van der Waals surface area contributed by atoms with Crippen LogP contribution in [0.3, 0.4) is 0 Å². The van der Waals surface area contributed by atoms with Gasteiger partial charge < -0.3 is 19.4 Å². The zero-order valence-electron chi connectivity index (χ0n) is 16.8. The van der Waals surface area contributed by atoms with Crippen LogP contribution < -0.4 is 14.8 Å². The minimum absolute atomic E-state index is 0.0526. The molecule has 0 saturated heterocycles. The molecule has 9 heteroatoms. The zero-order chi connectivity index (χ0) is 20.9. The van der Waals surface area contributed by atoms with Gasteiger partial charge in [-0.3, -0.25) is 4.79 Å². The molecule has 1 amide bonds. The molecular weight excluding hydrogens is 384 g/mol. The second-order valence-corrected chi connectivity index (χ2v) is 6.67. The Labute approximate surface area is 173 Å². The van der Waals surface area contributed by atoms with Crippen LogP contribution in [-0.2, 0) is 18.4 Å². The van der Waals surface area contributed by atoms with Gasteiger partial charge >= 0.3 is 0 Å². The third kappa shape index (κ3) is 4.24. The van der Waals surface area contributed by atoms with E-state index in [-0.39, 0.29) is 12.5 Å². The van der Waals surface area contributed by atoms with Gasteiger partial charge in [-0.1, -0.05) is 6.07 Å². The fourth-order valence-corrected chi connectivity index (χ4v) is 3.18. The number of fused-ring (bicyclic) bond motifs is 1. The second kappa shape index (κ2) is 8.64. The lowest BCUT2D eigenvalue weighted by Crippen LogP contribution is -2.31. The highest BCUT2D eigenvalue weighted by molar-refractivity contribution is 5.86. The first kappa shape index (κ1) is 19.4. The standard InChI is InChI=1S/C21H22N6O3/c1-26-24-21(23-25-26)15-6-8-16(9-7-15)30-14-20(28)22-11-13-27-12-10-17-18(27)4-3-5-19(17)29-2/h3-10,12H,11,13-14H2,1-2H3,(H,22,28). The molecule has 9 nitrogen and oxygen atoms in total. The Morgan fingerprint density at radius 2 is 1.97 bits per heavy atom. The number of methoxy groups -OCH3 is 1. The van der Waals surface area contributed by atoms with E-state index >= 15 is 0 Å². The summed E-state index contributed by atoms with van der Waals surface area (Å²) in [5, 5.41) is 15.8. The third-order valence-electron chi connectivity index (χ3n) is 4.66. The van der Waals surface area contributed by atoms with Crippen LogP contribution >= 0.6 is 0 Å². The number of carbonyl (C=O) groups is 1. The fraction of sp³-hybridized carbons (Fsp3) is 0.238. The lowest BCUT2D eigenvalue weighted by molar-refractivity contribution is -0.123. The average molecular weight is 406 g/mol. The summed E-state index contributed by atoms with van der Waals surface area (Å²) in [7, 11) is 3.37. The van der Waals surface area contributed by atoms with Gasteiger partial charge in [0.25, 0.3) is 5.91 Å². The summed E-state index contributed by atoms with van der Waals surface area (Å²) in [6.45, 7) is 1.10. The van der Waals surface area contributed by atoms with Crippen molar-refractivity contribution in [3.05, 3.63) is 54.7 Å². The lowest BCUT2D eigenvalue weighted by Gasteiger charge is -2.09. The molecule has 0 aliphatic heterocycles. The average Bonchev–Trinajstić information content (AvgIpc) is 3.39. The molecule has 2 aromatic heterocycles. The smallest absolute Gasteiger partial charge is 0.258 e. The molecule has 30 heavy (non-hydrogen) atoms. The van der Waals surface area contributed by atoms with Crippen molar-refractivity contribution in [1.82, 2.24) is 30.1 Å². The van der Waals surface area contributed by atoms with Crippen molar-refractivity contribution in [2.75, 3.05) is 20.3 Å². The van der Waals surface area contributed by atoms with Crippen LogP contribution in [0.1, 0.15) is 0 Å². The Morgan fingerprint density at radius 1 is 1.13 bits per heavy atom. The summed E-state index contributed by atoms with van der Waals surface area (Å²) in [6, 6.07) is 15.1. The number of hydrogen-bond acceptors (Lipinski definition) is 6. The highest BCUT2D eigenvalue weighted by atomic mass is 16.5. The molecule has 0 radical (unpaired) electrons. The van der Waals surface area contributed by atoms with Gasteiger partial charge in [-0.25, -0.2) is 0 Å². The van der Waals surface area contributed by atoms with Crippen molar-refractivity contribution >= 4 is 16.8 Å². The van der Waals surface area contributed by atoms with Crippen LogP contribution in [0.15, 0.2) is 54.7 Å². The molecule has 0 atom stereocenters. The maximum atomic E-state index is 12.1. The van der Waals surface area contributed by atoms with Crippen molar-refractivity contribution in [3.8, 4) is 22.9 Å². The Hall–Kier alpha value is -3.88. The van der Waals surface area contributed by atoms with Crippen molar-refractivity contribution in [1.29, 1.82) is 0 Å². The summed E-state index contributed by atoms with van der Waals surface area (Å²) in [5.41, 5.74) is 1.90.